The van der Waals surface area contributed by atoms with Gasteiger partial charge in [-0.3, -0.25) is 19.2 Å². The van der Waals surface area contributed by atoms with Gasteiger partial charge in [-0.25, -0.2) is 0 Å². The second-order valence-corrected chi connectivity index (χ2v) is 14.6. The lowest BCUT2D eigenvalue weighted by atomic mass is 9.72. The van der Waals surface area contributed by atoms with Crippen LogP contribution < -0.4 is 0 Å². The quantitative estimate of drug-likeness (QED) is 0.180. The van der Waals surface area contributed by atoms with Gasteiger partial charge in [-0.1, -0.05) is 101 Å². The summed E-state index contributed by atoms with van der Waals surface area (Å²) >= 11 is 0. The number of ketones is 4. The first-order chi connectivity index (χ1) is 23.0. The largest absolute Gasteiger partial charge is 0.300 e. The Balaban J connectivity index is 1.39. The van der Waals surface area contributed by atoms with E-state index in [1.54, 1.807) is 0 Å². The van der Waals surface area contributed by atoms with Gasteiger partial charge in [-0.2, -0.15) is 0 Å². The van der Waals surface area contributed by atoms with Gasteiger partial charge in [0.15, 0.2) is 5.78 Å². The second kappa shape index (κ2) is 17.7. The topological polar surface area (TPSA) is 68.3 Å². The van der Waals surface area contributed by atoms with Gasteiger partial charge in [0.2, 0.25) is 0 Å². The Morgan fingerprint density at radius 3 is 2.35 bits per heavy atom. The number of hydrogen-bond donors (Lipinski definition) is 0. The Morgan fingerprint density at radius 1 is 0.938 bits per heavy atom. The van der Waals surface area contributed by atoms with E-state index in [1.165, 1.54) is 23.6 Å². The Hall–Kier alpha value is -3.66. The van der Waals surface area contributed by atoms with Gasteiger partial charge < -0.3 is 0 Å². The van der Waals surface area contributed by atoms with E-state index in [0.29, 0.717) is 25.2 Å². The highest BCUT2D eigenvalue weighted by Crippen LogP contribution is 2.37. The van der Waals surface area contributed by atoms with E-state index in [4.69, 9.17) is 0 Å². The van der Waals surface area contributed by atoms with Gasteiger partial charge in [0.05, 0.1) is 6.42 Å². The van der Waals surface area contributed by atoms with Crippen LogP contribution in [0.5, 0.6) is 0 Å². The number of carbonyl (C=O) groups is 4. The summed E-state index contributed by atoms with van der Waals surface area (Å²) in [6.07, 6.45) is 17.5. The molecule has 256 valence electrons. The van der Waals surface area contributed by atoms with Gasteiger partial charge in [0.25, 0.3) is 0 Å². The molecule has 3 atom stereocenters. The summed E-state index contributed by atoms with van der Waals surface area (Å²) < 4.78 is 0. The minimum absolute atomic E-state index is 0.00472. The molecule has 0 saturated heterocycles. The molecule has 0 fully saturated rings. The summed E-state index contributed by atoms with van der Waals surface area (Å²) in [5.41, 5.74) is 8.70. The lowest BCUT2D eigenvalue weighted by Gasteiger charge is -2.32. The third-order valence-corrected chi connectivity index (χ3v) is 10.5. The molecule has 3 unspecified atom stereocenters. The zero-order valence-electron chi connectivity index (χ0n) is 30.2. The molecular formula is C44H56O4. The van der Waals surface area contributed by atoms with Crippen LogP contribution in [0, 0.1) is 30.6 Å². The van der Waals surface area contributed by atoms with Crippen LogP contribution in [0.3, 0.4) is 0 Å². The minimum atomic E-state index is -0.132. The van der Waals surface area contributed by atoms with Crippen molar-refractivity contribution in [2.45, 2.75) is 119 Å². The summed E-state index contributed by atoms with van der Waals surface area (Å²) in [4.78, 5) is 51.4. The molecule has 4 heteroatoms. The maximum absolute atomic E-state index is 13.6. The number of rotatable bonds is 15. The normalized spacial score (nSPS) is 20.6. The van der Waals surface area contributed by atoms with Crippen LogP contribution in [0.2, 0.25) is 0 Å². The summed E-state index contributed by atoms with van der Waals surface area (Å²) in [5, 5.41) is 0. The number of benzene rings is 2. The van der Waals surface area contributed by atoms with E-state index in [2.05, 4.69) is 75.4 Å². The predicted octanol–water partition coefficient (Wildman–Crippen LogP) is 10.2. The molecular weight excluding hydrogens is 592 g/mol. The van der Waals surface area contributed by atoms with Crippen molar-refractivity contribution < 1.29 is 19.2 Å². The molecule has 0 bridgehead atoms. The van der Waals surface area contributed by atoms with Crippen molar-refractivity contribution in [2.24, 2.45) is 23.7 Å². The fourth-order valence-electron chi connectivity index (χ4n) is 7.97. The van der Waals surface area contributed by atoms with E-state index in [9.17, 15) is 19.2 Å². The zero-order valence-corrected chi connectivity index (χ0v) is 30.2. The van der Waals surface area contributed by atoms with Crippen molar-refractivity contribution >= 4 is 28.7 Å². The zero-order chi connectivity index (χ0) is 34.8. The summed E-state index contributed by atoms with van der Waals surface area (Å²) in [5.74, 6) is 1.03. The Morgan fingerprint density at radius 2 is 1.69 bits per heavy atom. The second-order valence-electron chi connectivity index (χ2n) is 14.6. The fraction of sp³-hybridized carbons (Fsp3) is 0.500. The van der Waals surface area contributed by atoms with Crippen molar-refractivity contribution in [3.63, 3.8) is 0 Å². The molecule has 2 aromatic carbocycles. The standard InChI is InChI=1S/C44H56O4/c1-7-12-38(41(8-2)42(47)23-30(5)45)24-33-25-39-22-21-37(31(6)44(39)43(48)27-33)28-40(46)26-32-17-19-36(20-18-32)35-14-10-9-13-34(29(3)4)15-11-16-35/h9,13-15,17-22,29,33,38,41H,7-8,10-12,16,23-28H2,1-6H3/b13-9-,34-15+,35-14+. The first-order valence-corrected chi connectivity index (χ1v) is 18.3. The Kier molecular flexibility index (Phi) is 13.7. The molecule has 0 heterocycles. The average Bonchev–Trinajstić information content (AvgIpc) is 3.15. The van der Waals surface area contributed by atoms with E-state index in [0.717, 1.165) is 79.2 Å². The Labute approximate surface area is 289 Å². The fourth-order valence-corrected chi connectivity index (χ4v) is 7.97. The van der Waals surface area contributed by atoms with Gasteiger partial charge in [-0.05, 0) is 109 Å². The summed E-state index contributed by atoms with van der Waals surface area (Å²) in [6, 6.07) is 12.5. The molecule has 0 aliphatic heterocycles. The highest BCUT2D eigenvalue weighted by atomic mass is 16.1. The molecule has 0 saturated carbocycles. The van der Waals surface area contributed by atoms with Crippen molar-refractivity contribution in [1.29, 1.82) is 0 Å². The number of carbonyl (C=O) groups excluding carboxylic acids is 4. The van der Waals surface area contributed by atoms with Crippen LogP contribution in [-0.4, -0.2) is 23.1 Å². The minimum Gasteiger partial charge on any atom is -0.300 e. The predicted molar refractivity (Wildman–Crippen MR) is 197 cm³/mol. The first kappa shape index (κ1) is 37.2. The van der Waals surface area contributed by atoms with Gasteiger partial charge in [0, 0.05) is 30.7 Å². The lowest BCUT2D eigenvalue weighted by Crippen LogP contribution is -2.30. The monoisotopic (exact) mass is 648 g/mol. The summed E-state index contributed by atoms with van der Waals surface area (Å²) in [6.45, 7) is 12.1. The highest BCUT2D eigenvalue weighted by Gasteiger charge is 2.33. The van der Waals surface area contributed by atoms with Crippen LogP contribution in [-0.2, 0) is 33.6 Å². The lowest BCUT2D eigenvalue weighted by molar-refractivity contribution is -0.130. The van der Waals surface area contributed by atoms with Crippen LogP contribution in [0.4, 0.5) is 0 Å². The number of fused-ring (bicyclic) bond motifs is 1. The molecule has 48 heavy (non-hydrogen) atoms. The molecule has 0 N–H and O–H groups in total. The molecule has 0 aromatic heterocycles. The maximum Gasteiger partial charge on any atom is 0.163 e. The first-order valence-electron chi connectivity index (χ1n) is 18.3. The van der Waals surface area contributed by atoms with Crippen molar-refractivity contribution in [3.8, 4) is 0 Å². The maximum atomic E-state index is 13.6. The van der Waals surface area contributed by atoms with Crippen LogP contribution >= 0.6 is 0 Å². The molecule has 0 spiro atoms. The number of allylic oxidation sites excluding steroid dienone is 6. The third-order valence-electron chi connectivity index (χ3n) is 10.5. The van der Waals surface area contributed by atoms with Crippen molar-refractivity contribution in [1.82, 2.24) is 0 Å². The van der Waals surface area contributed by atoms with E-state index >= 15 is 0 Å². The third kappa shape index (κ3) is 9.94. The molecule has 0 radical (unpaired) electrons. The van der Waals surface area contributed by atoms with Crippen molar-refractivity contribution in [2.75, 3.05) is 0 Å². The molecule has 2 aliphatic rings. The van der Waals surface area contributed by atoms with Crippen LogP contribution in [0.15, 0.2) is 66.3 Å². The van der Waals surface area contributed by atoms with E-state index < -0.39 is 0 Å². The summed E-state index contributed by atoms with van der Waals surface area (Å²) in [7, 11) is 0. The van der Waals surface area contributed by atoms with E-state index in [-0.39, 0.29) is 47.3 Å². The molecule has 4 nitrogen and oxygen atoms in total. The smallest absolute Gasteiger partial charge is 0.163 e. The van der Waals surface area contributed by atoms with Crippen LogP contribution in [0.1, 0.15) is 131 Å². The van der Waals surface area contributed by atoms with Crippen molar-refractivity contribution in [3.05, 3.63) is 99.7 Å². The van der Waals surface area contributed by atoms with Crippen LogP contribution in [0.25, 0.3) is 5.57 Å². The molecule has 0 amide bonds. The van der Waals surface area contributed by atoms with E-state index in [1.807, 2.05) is 19.9 Å². The number of Topliss-reactive ketones (excluding diaryl/α,β-unsaturated/α-hetero) is 4. The highest BCUT2D eigenvalue weighted by molar-refractivity contribution is 6.01. The molecule has 4 rings (SSSR count). The Bertz CT molecular complexity index is 1570. The molecule has 2 aromatic rings. The number of hydrogen-bond acceptors (Lipinski definition) is 4. The SMILES string of the molecule is CCCC(CC1CC(=O)c2c(ccc(CC(=O)Cc3ccc(/C4=C/C/C=C\C(C(C)C)=C/CC4)cc3)c2C)C1)C(CC)C(=O)CC(C)=O. The average molecular weight is 649 g/mol. The van der Waals surface area contributed by atoms with Gasteiger partial charge in [-0.15, -0.1) is 0 Å². The van der Waals surface area contributed by atoms with Gasteiger partial charge in [0.1, 0.15) is 17.3 Å². The molecule has 2 aliphatic carbocycles. The van der Waals surface area contributed by atoms with Gasteiger partial charge >= 0.3 is 0 Å².